The molecule has 31 heavy (non-hydrogen) atoms. The molecule has 0 saturated heterocycles. The van der Waals surface area contributed by atoms with E-state index in [1.165, 1.54) is 40.9 Å². The van der Waals surface area contributed by atoms with Crippen molar-refractivity contribution in [3.05, 3.63) is 57.6 Å². The minimum absolute atomic E-state index is 0.144. The van der Waals surface area contributed by atoms with E-state index in [1.54, 1.807) is 6.20 Å². The molecule has 0 saturated carbocycles. The standard InChI is InChI=1S/C20H20N6O4S/c1-4-30-13-8-6-5-7-12(13)14-9-21-19(31-14)23-15(27)10-26-11-22-17-16(26)18(28)25(3)20(29)24(17)2/h5-9,11H,4,10H2,1-3H3,(H,21,23,27). The molecule has 0 aliphatic rings. The lowest BCUT2D eigenvalue weighted by molar-refractivity contribution is -0.116. The number of amides is 1. The van der Waals surface area contributed by atoms with Crippen molar-refractivity contribution in [3.63, 3.8) is 0 Å². The van der Waals surface area contributed by atoms with Crippen LogP contribution < -0.4 is 21.3 Å². The SMILES string of the molecule is CCOc1ccccc1-c1cnc(NC(=O)Cn2cnc3c2c(=O)n(C)c(=O)n3C)s1. The summed E-state index contributed by atoms with van der Waals surface area (Å²) in [5.41, 5.74) is 0.324. The third-order valence-corrected chi connectivity index (χ3v) is 5.68. The highest BCUT2D eigenvalue weighted by Gasteiger charge is 2.17. The van der Waals surface area contributed by atoms with Gasteiger partial charge in [-0.1, -0.05) is 23.5 Å². The number of rotatable bonds is 6. The fourth-order valence-electron chi connectivity index (χ4n) is 3.24. The van der Waals surface area contributed by atoms with E-state index < -0.39 is 11.2 Å². The highest BCUT2D eigenvalue weighted by molar-refractivity contribution is 7.19. The van der Waals surface area contributed by atoms with Crippen LogP contribution in [0.5, 0.6) is 5.75 Å². The average molecular weight is 440 g/mol. The molecule has 0 atom stereocenters. The van der Waals surface area contributed by atoms with Crippen molar-refractivity contribution in [1.82, 2.24) is 23.7 Å². The predicted molar refractivity (Wildman–Crippen MR) is 118 cm³/mol. The molecule has 0 bridgehead atoms. The number of ether oxygens (including phenoxy) is 1. The Kier molecular flexibility index (Phi) is 5.42. The van der Waals surface area contributed by atoms with Gasteiger partial charge >= 0.3 is 5.69 Å². The van der Waals surface area contributed by atoms with E-state index in [0.717, 1.165) is 20.8 Å². The summed E-state index contributed by atoms with van der Waals surface area (Å²) in [5.74, 6) is 0.382. The molecule has 4 rings (SSSR count). The molecule has 0 spiro atoms. The number of hydrogen-bond donors (Lipinski definition) is 1. The monoisotopic (exact) mass is 440 g/mol. The van der Waals surface area contributed by atoms with Crippen molar-refractivity contribution < 1.29 is 9.53 Å². The smallest absolute Gasteiger partial charge is 0.332 e. The van der Waals surface area contributed by atoms with E-state index >= 15 is 0 Å². The van der Waals surface area contributed by atoms with Gasteiger partial charge in [0.2, 0.25) is 5.91 Å². The Labute approximate surface area is 180 Å². The Hall–Kier alpha value is -3.73. The summed E-state index contributed by atoms with van der Waals surface area (Å²) in [6, 6.07) is 7.62. The lowest BCUT2D eigenvalue weighted by atomic mass is 10.2. The maximum atomic E-state index is 12.6. The van der Waals surface area contributed by atoms with Crippen LogP contribution in [-0.4, -0.2) is 36.2 Å². The molecule has 160 valence electrons. The fourth-order valence-corrected chi connectivity index (χ4v) is 4.10. The Morgan fingerprint density at radius 3 is 2.71 bits per heavy atom. The minimum atomic E-state index is -0.507. The van der Waals surface area contributed by atoms with Crippen molar-refractivity contribution in [2.24, 2.45) is 14.1 Å². The van der Waals surface area contributed by atoms with Crippen molar-refractivity contribution >= 4 is 33.5 Å². The molecule has 11 heteroatoms. The first-order valence-electron chi connectivity index (χ1n) is 9.49. The van der Waals surface area contributed by atoms with Gasteiger partial charge in [0.25, 0.3) is 5.56 Å². The van der Waals surface area contributed by atoms with Crippen LogP contribution in [-0.2, 0) is 25.4 Å². The number of carbonyl (C=O) groups is 1. The zero-order valence-corrected chi connectivity index (χ0v) is 18.0. The van der Waals surface area contributed by atoms with Gasteiger partial charge < -0.3 is 14.6 Å². The summed E-state index contributed by atoms with van der Waals surface area (Å²) in [6.45, 7) is 2.32. The van der Waals surface area contributed by atoms with Crippen LogP contribution in [0.25, 0.3) is 21.6 Å². The number of aryl methyl sites for hydroxylation is 1. The molecule has 1 N–H and O–H groups in total. The molecule has 0 fully saturated rings. The number of anilines is 1. The lowest BCUT2D eigenvalue weighted by Crippen LogP contribution is -2.37. The number of hydrogen-bond acceptors (Lipinski definition) is 7. The molecule has 4 aromatic rings. The second-order valence-corrected chi connectivity index (χ2v) is 7.79. The van der Waals surface area contributed by atoms with Gasteiger partial charge in [0.1, 0.15) is 12.3 Å². The van der Waals surface area contributed by atoms with Crippen LogP contribution in [0.4, 0.5) is 5.13 Å². The maximum Gasteiger partial charge on any atom is 0.332 e. The van der Waals surface area contributed by atoms with Crippen molar-refractivity contribution in [2.75, 3.05) is 11.9 Å². The third kappa shape index (κ3) is 3.75. The number of carbonyl (C=O) groups excluding carboxylic acids is 1. The second-order valence-electron chi connectivity index (χ2n) is 6.76. The van der Waals surface area contributed by atoms with E-state index in [0.29, 0.717) is 11.7 Å². The lowest BCUT2D eigenvalue weighted by Gasteiger charge is -2.07. The van der Waals surface area contributed by atoms with Gasteiger partial charge in [-0.15, -0.1) is 0 Å². The first-order chi connectivity index (χ1) is 14.9. The molecule has 3 aromatic heterocycles. The fraction of sp³-hybridized carbons (Fsp3) is 0.250. The Morgan fingerprint density at radius 1 is 1.16 bits per heavy atom. The Bertz CT molecular complexity index is 1400. The van der Waals surface area contributed by atoms with Crippen LogP contribution in [0.15, 0.2) is 46.4 Å². The van der Waals surface area contributed by atoms with Gasteiger partial charge in [0, 0.05) is 25.9 Å². The summed E-state index contributed by atoms with van der Waals surface area (Å²) in [7, 11) is 2.91. The molecule has 3 heterocycles. The van der Waals surface area contributed by atoms with Gasteiger partial charge in [-0.25, -0.2) is 14.8 Å². The van der Waals surface area contributed by atoms with Gasteiger partial charge in [-0.3, -0.25) is 18.7 Å². The van der Waals surface area contributed by atoms with Crippen LogP contribution >= 0.6 is 11.3 Å². The van der Waals surface area contributed by atoms with Gasteiger partial charge in [0.15, 0.2) is 16.3 Å². The quantitative estimate of drug-likeness (QED) is 0.487. The summed E-state index contributed by atoms with van der Waals surface area (Å²) < 4.78 is 9.34. The van der Waals surface area contributed by atoms with E-state index in [1.807, 2.05) is 31.2 Å². The largest absolute Gasteiger partial charge is 0.493 e. The van der Waals surface area contributed by atoms with Gasteiger partial charge in [-0.2, -0.15) is 0 Å². The number of fused-ring (bicyclic) bond motifs is 1. The zero-order chi connectivity index (χ0) is 22.1. The third-order valence-electron chi connectivity index (χ3n) is 4.74. The number of nitrogens with one attached hydrogen (secondary N) is 1. The summed E-state index contributed by atoms with van der Waals surface area (Å²) >= 11 is 1.32. The van der Waals surface area contributed by atoms with E-state index in [4.69, 9.17) is 4.74 Å². The average Bonchev–Trinajstić information content (AvgIpc) is 3.38. The number of nitrogens with zero attached hydrogens (tertiary/aromatic N) is 5. The van der Waals surface area contributed by atoms with Crippen molar-refractivity contribution in [2.45, 2.75) is 13.5 Å². The first kappa shape index (κ1) is 20.5. The van der Waals surface area contributed by atoms with Crippen molar-refractivity contribution in [3.8, 4) is 16.2 Å². The van der Waals surface area contributed by atoms with Gasteiger partial charge in [-0.05, 0) is 19.1 Å². The minimum Gasteiger partial charge on any atom is -0.493 e. The van der Waals surface area contributed by atoms with Crippen LogP contribution in [0.2, 0.25) is 0 Å². The van der Waals surface area contributed by atoms with E-state index in [-0.39, 0.29) is 23.6 Å². The Balaban J connectivity index is 1.56. The topological polar surface area (TPSA) is 113 Å². The van der Waals surface area contributed by atoms with Crippen LogP contribution in [0, 0.1) is 0 Å². The second kappa shape index (κ2) is 8.19. The van der Waals surface area contributed by atoms with E-state index in [9.17, 15) is 14.4 Å². The molecule has 1 aromatic carbocycles. The molecule has 10 nitrogen and oxygen atoms in total. The molecular formula is C20H20N6O4S. The highest BCUT2D eigenvalue weighted by atomic mass is 32.1. The summed E-state index contributed by atoms with van der Waals surface area (Å²) in [5, 5.41) is 3.18. The normalized spacial score (nSPS) is 11.1. The van der Waals surface area contributed by atoms with Crippen LogP contribution in [0.1, 0.15) is 6.92 Å². The zero-order valence-electron chi connectivity index (χ0n) is 17.2. The number of benzene rings is 1. The molecule has 0 aliphatic carbocycles. The molecule has 1 amide bonds. The van der Waals surface area contributed by atoms with Gasteiger partial charge in [0.05, 0.1) is 17.8 Å². The number of thiazole rings is 1. The number of para-hydroxylation sites is 1. The van der Waals surface area contributed by atoms with Crippen molar-refractivity contribution in [1.29, 1.82) is 0 Å². The summed E-state index contributed by atoms with van der Waals surface area (Å²) in [6.07, 6.45) is 3.05. The predicted octanol–water partition coefficient (Wildman–Crippen LogP) is 1.59. The highest BCUT2D eigenvalue weighted by Crippen LogP contribution is 2.35. The van der Waals surface area contributed by atoms with Crippen LogP contribution in [0.3, 0.4) is 0 Å². The Morgan fingerprint density at radius 2 is 1.94 bits per heavy atom. The number of imidazole rings is 1. The van der Waals surface area contributed by atoms with E-state index in [2.05, 4.69) is 15.3 Å². The first-order valence-corrected chi connectivity index (χ1v) is 10.3. The molecule has 0 unspecified atom stereocenters. The summed E-state index contributed by atoms with van der Waals surface area (Å²) in [4.78, 5) is 46.4. The number of aromatic nitrogens is 5. The molecule has 0 radical (unpaired) electrons. The maximum absolute atomic E-state index is 12.6. The molecule has 0 aliphatic heterocycles. The molecular weight excluding hydrogens is 420 g/mol.